The summed E-state index contributed by atoms with van der Waals surface area (Å²) in [4.78, 5) is 26.3. The van der Waals surface area contributed by atoms with Gasteiger partial charge >= 0.3 is 5.97 Å². The second-order valence-corrected chi connectivity index (χ2v) is 10.0. The van der Waals surface area contributed by atoms with Gasteiger partial charge in [-0.1, -0.05) is 44.2 Å². The molecule has 0 saturated heterocycles. The third-order valence-corrected chi connectivity index (χ3v) is 6.92. The summed E-state index contributed by atoms with van der Waals surface area (Å²) in [5, 5.41) is 9.17. The Morgan fingerprint density at radius 1 is 1.00 bits per heavy atom. The van der Waals surface area contributed by atoms with E-state index in [1.165, 1.54) is 18.2 Å². The van der Waals surface area contributed by atoms with Crippen molar-refractivity contribution < 1.29 is 28.2 Å². The average molecular weight is 508 g/mol. The van der Waals surface area contributed by atoms with Crippen LogP contribution in [-0.4, -0.2) is 35.0 Å². The predicted molar refractivity (Wildman–Crippen MR) is 138 cm³/mol. The highest BCUT2D eigenvalue weighted by molar-refractivity contribution is 5.80. The fourth-order valence-electron chi connectivity index (χ4n) is 4.94. The molecule has 0 bridgehead atoms. The molecule has 4 rings (SSSR count). The number of benzene rings is 3. The van der Waals surface area contributed by atoms with Crippen LogP contribution in [0.2, 0.25) is 0 Å². The van der Waals surface area contributed by atoms with Gasteiger partial charge in [-0.25, -0.2) is 8.78 Å². The van der Waals surface area contributed by atoms with E-state index in [2.05, 4.69) is 0 Å². The molecule has 0 aromatic heterocycles. The van der Waals surface area contributed by atoms with Gasteiger partial charge in [0, 0.05) is 25.1 Å². The Morgan fingerprint density at radius 2 is 1.70 bits per heavy atom. The Bertz CT molecular complexity index is 1320. The summed E-state index contributed by atoms with van der Waals surface area (Å²) < 4.78 is 34.1. The van der Waals surface area contributed by atoms with Crippen LogP contribution in [0, 0.1) is 11.6 Å². The second-order valence-electron chi connectivity index (χ2n) is 10.0. The number of amides is 1. The van der Waals surface area contributed by atoms with Crippen LogP contribution in [0.5, 0.6) is 5.75 Å². The number of rotatable bonds is 8. The fraction of sp³-hybridized carbons (Fsp3) is 0.333. The first-order valence-corrected chi connectivity index (χ1v) is 12.4. The summed E-state index contributed by atoms with van der Waals surface area (Å²) in [6.45, 7) is 6.79. The van der Waals surface area contributed by atoms with E-state index in [0.29, 0.717) is 36.4 Å². The molecule has 1 N–H and O–H groups in total. The molecular weight excluding hydrogens is 476 g/mol. The molecule has 37 heavy (non-hydrogen) atoms. The van der Waals surface area contributed by atoms with Crippen LogP contribution in [0.4, 0.5) is 8.78 Å². The van der Waals surface area contributed by atoms with Crippen molar-refractivity contribution in [2.45, 2.75) is 52.0 Å². The highest BCUT2D eigenvalue weighted by atomic mass is 19.1. The average Bonchev–Trinajstić information content (AvgIpc) is 2.84. The van der Waals surface area contributed by atoms with Crippen molar-refractivity contribution in [2.75, 3.05) is 13.2 Å². The maximum absolute atomic E-state index is 14.8. The van der Waals surface area contributed by atoms with Gasteiger partial charge < -0.3 is 14.7 Å². The van der Waals surface area contributed by atoms with Crippen molar-refractivity contribution >= 4 is 11.9 Å². The number of carbonyl (C=O) groups is 2. The van der Waals surface area contributed by atoms with E-state index in [1.807, 2.05) is 20.8 Å². The first-order valence-electron chi connectivity index (χ1n) is 12.4. The maximum Gasteiger partial charge on any atom is 0.307 e. The van der Waals surface area contributed by atoms with Crippen LogP contribution >= 0.6 is 0 Å². The lowest BCUT2D eigenvalue weighted by Gasteiger charge is -2.34. The summed E-state index contributed by atoms with van der Waals surface area (Å²) in [6.07, 6.45) is 0.486. The molecule has 1 heterocycles. The lowest BCUT2D eigenvalue weighted by atomic mass is 9.81. The summed E-state index contributed by atoms with van der Waals surface area (Å²) >= 11 is 0. The predicted octanol–water partition coefficient (Wildman–Crippen LogP) is 5.91. The van der Waals surface area contributed by atoms with Gasteiger partial charge in [0.05, 0.1) is 13.0 Å². The molecule has 3 aromatic carbocycles. The number of ether oxygens (including phenoxy) is 1. The number of hydrogen-bond acceptors (Lipinski definition) is 3. The van der Waals surface area contributed by atoms with Crippen LogP contribution in [0.1, 0.15) is 49.4 Å². The first kappa shape index (κ1) is 26.3. The summed E-state index contributed by atoms with van der Waals surface area (Å²) in [7, 11) is 0. The van der Waals surface area contributed by atoms with E-state index in [0.717, 1.165) is 22.3 Å². The van der Waals surface area contributed by atoms with Crippen molar-refractivity contribution in [3.63, 3.8) is 0 Å². The number of halogens is 2. The summed E-state index contributed by atoms with van der Waals surface area (Å²) in [5.41, 5.74) is 3.77. The topological polar surface area (TPSA) is 66.8 Å². The molecule has 0 atom stereocenters. The normalized spacial score (nSPS) is 13.3. The lowest BCUT2D eigenvalue weighted by molar-refractivity contribution is -0.136. The van der Waals surface area contributed by atoms with Crippen LogP contribution < -0.4 is 4.74 Å². The monoisotopic (exact) mass is 507 g/mol. The second kappa shape index (κ2) is 10.7. The van der Waals surface area contributed by atoms with Crippen molar-refractivity contribution in [1.29, 1.82) is 0 Å². The zero-order valence-corrected chi connectivity index (χ0v) is 21.3. The number of carbonyl (C=O) groups excluding carboxylic acids is 1. The number of carboxylic acids is 1. The highest BCUT2D eigenvalue weighted by Crippen LogP contribution is 2.38. The van der Waals surface area contributed by atoms with E-state index in [4.69, 9.17) is 4.74 Å². The Labute approximate surface area is 215 Å². The summed E-state index contributed by atoms with van der Waals surface area (Å²) in [6, 6.07) is 14.6. The van der Waals surface area contributed by atoms with Gasteiger partial charge in [-0.05, 0) is 70.8 Å². The number of fused-ring (bicyclic) bond motifs is 1. The molecule has 3 aromatic rings. The van der Waals surface area contributed by atoms with Crippen molar-refractivity contribution in [3.8, 4) is 16.9 Å². The molecule has 194 valence electrons. The van der Waals surface area contributed by atoms with Gasteiger partial charge in [0.2, 0.25) is 5.91 Å². The molecule has 0 spiro atoms. The Balaban J connectivity index is 1.65. The minimum Gasteiger partial charge on any atom is -0.493 e. The Kier molecular flexibility index (Phi) is 7.62. The number of nitrogens with zero attached hydrogens (tertiary/aromatic N) is 1. The molecule has 0 saturated carbocycles. The molecule has 0 unspecified atom stereocenters. The first-order chi connectivity index (χ1) is 17.6. The Morgan fingerprint density at radius 3 is 2.38 bits per heavy atom. The minimum absolute atomic E-state index is 0.0583. The molecule has 7 heteroatoms. The molecular formula is C30H31F2NO4. The standard InChI is InChI=1S/C30H31F2NO4/c1-4-37-27-15-19(16-29(35)36)5-10-24(27)22-11-12-26(32)23-13-14-33(18-25(22)23)28(34)17-30(2,3)20-6-8-21(31)9-7-20/h5-12,15H,4,13-14,16-18H2,1-3H3,(H,35,36). The van der Waals surface area contributed by atoms with E-state index in [1.54, 1.807) is 41.3 Å². The quantitative estimate of drug-likeness (QED) is 0.412. The molecule has 0 radical (unpaired) electrons. The van der Waals surface area contributed by atoms with Crippen molar-refractivity contribution in [1.82, 2.24) is 4.90 Å². The van der Waals surface area contributed by atoms with Gasteiger partial charge in [-0.3, -0.25) is 9.59 Å². The van der Waals surface area contributed by atoms with Crippen LogP contribution in [0.15, 0.2) is 54.6 Å². The van der Waals surface area contributed by atoms with Gasteiger partial charge in [0.1, 0.15) is 17.4 Å². The van der Waals surface area contributed by atoms with Crippen LogP contribution in [-0.2, 0) is 34.4 Å². The molecule has 1 amide bonds. The highest BCUT2D eigenvalue weighted by Gasteiger charge is 2.31. The largest absolute Gasteiger partial charge is 0.493 e. The molecule has 0 fully saturated rings. The third kappa shape index (κ3) is 5.82. The van der Waals surface area contributed by atoms with E-state index in [-0.39, 0.29) is 36.9 Å². The fourth-order valence-corrected chi connectivity index (χ4v) is 4.94. The number of hydrogen-bond donors (Lipinski definition) is 1. The van der Waals surface area contributed by atoms with E-state index >= 15 is 0 Å². The van der Waals surface area contributed by atoms with Crippen LogP contribution in [0.3, 0.4) is 0 Å². The summed E-state index contributed by atoms with van der Waals surface area (Å²) in [5.74, 6) is -1.10. The SMILES string of the molecule is CCOc1cc(CC(=O)O)ccc1-c1ccc(F)c2c1CN(C(=O)CC(C)(C)c1ccc(F)cc1)CC2. The smallest absolute Gasteiger partial charge is 0.307 e. The van der Waals surface area contributed by atoms with Crippen molar-refractivity contribution in [2.24, 2.45) is 0 Å². The van der Waals surface area contributed by atoms with E-state index < -0.39 is 11.4 Å². The maximum atomic E-state index is 14.8. The van der Waals surface area contributed by atoms with Gasteiger partial charge in [-0.15, -0.1) is 0 Å². The molecule has 0 aliphatic carbocycles. The zero-order valence-electron chi connectivity index (χ0n) is 21.3. The van der Waals surface area contributed by atoms with E-state index in [9.17, 15) is 23.5 Å². The van der Waals surface area contributed by atoms with Gasteiger partial charge in [0.25, 0.3) is 0 Å². The molecule has 1 aliphatic rings. The van der Waals surface area contributed by atoms with Crippen molar-refractivity contribution in [3.05, 3.63) is 88.5 Å². The Hall–Kier alpha value is -3.74. The van der Waals surface area contributed by atoms with Gasteiger partial charge in [0.15, 0.2) is 0 Å². The molecule has 5 nitrogen and oxygen atoms in total. The molecule has 1 aliphatic heterocycles. The number of aliphatic carboxylic acids is 1. The lowest BCUT2D eigenvalue weighted by Crippen LogP contribution is -2.39. The van der Waals surface area contributed by atoms with Crippen LogP contribution in [0.25, 0.3) is 11.1 Å². The van der Waals surface area contributed by atoms with Gasteiger partial charge in [-0.2, -0.15) is 0 Å². The number of carboxylic acid groups (broad SMARTS) is 1. The minimum atomic E-state index is -0.938. The zero-order chi connectivity index (χ0) is 26.7. The third-order valence-electron chi connectivity index (χ3n) is 6.92.